The van der Waals surface area contributed by atoms with Gasteiger partial charge in [0, 0.05) is 11.8 Å². The van der Waals surface area contributed by atoms with Crippen LogP contribution >= 0.6 is 11.6 Å². The quantitative estimate of drug-likeness (QED) is 0.630. The first kappa shape index (κ1) is 12.5. The van der Waals surface area contributed by atoms with Gasteiger partial charge in [-0.3, -0.25) is 4.79 Å². The lowest BCUT2D eigenvalue weighted by Gasteiger charge is -2.06. The van der Waals surface area contributed by atoms with Crippen molar-refractivity contribution in [1.82, 2.24) is 4.98 Å². The normalized spacial score (nSPS) is 10.1. The van der Waals surface area contributed by atoms with E-state index >= 15 is 0 Å². The Morgan fingerprint density at radius 1 is 1.28 bits per heavy atom. The number of rotatable bonds is 4. The molecule has 0 amide bonds. The number of pyridine rings is 1. The number of aromatic nitrogens is 1. The van der Waals surface area contributed by atoms with Crippen molar-refractivity contribution >= 4 is 17.4 Å². The minimum atomic E-state index is -0.386. The molecule has 2 rings (SSSR count). The van der Waals surface area contributed by atoms with E-state index in [0.29, 0.717) is 11.3 Å². The predicted octanol–water partition coefficient (Wildman–Crippen LogP) is 3.14. The molecule has 0 aliphatic rings. The lowest BCUT2D eigenvalue weighted by Crippen LogP contribution is -2.11. The zero-order chi connectivity index (χ0) is 13.0. The molecule has 5 heteroatoms. The fourth-order valence-corrected chi connectivity index (χ4v) is 1.52. The SMILES string of the molecule is O=C(COc1cccnc1Cl)c1ccc(F)cc1. The number of carbonyl (C=O) groups is 1. The van der Waals surface area contributed by atoms with Crippen molar-refractivity contribution in [3.05, 3.63) is 59.1 Å². The van der Waals surface area contributed by atoms with Crippen LogP contribution in [0.4, 0.5) is 4.39 Å². The second-order valence-corrected chi connectivity index (χ2v) is 3.87. The fraction of sp³-hybridized carbons (Fsp3) is 0.0769. The number of hydrogen-bond acceptors (Lipinski definition) is 3. The Labute approximate surface area is 108 Å². The second-order valence-electron chi connectivity index (χ2n) is 3.51. The van der Waals surface area contributed by atoms with Crippen LogP contribution < -0.4 is 4.74 Å². The van der Waals surface area contributed by atoms with Crippen molar-refractivity contribution in [2.24, 2.45) is 0 Å². The molecule has 0 fully saturated rings. The summed E-state index contributed by atoms with van der Waals surface area (Å²) in [5, 5.41) is 0.199. The molecule has 0 bridgehead atoms. The maximum Gasteiger partial charge on any atom is 0.200 e. The van der Waals surface area contributed by atoms with Crippen molar-refractivity contribution in [1.29, 1.82) is 0 Å². The molecule has 0 aliphatic heterocycles. The summed E-state index contributed by atoms with van der Waals surface area (Å²) in [6.07, 6.45) is 1.52. The highest BCUT2D eigenvalue weighted by Gasteiger charge is 2.08. The molecular formula is C13H9ClFNO2. The Hall–Kier alpha value is -1.94. The largest absolute Gasteiger partial charge is 0.482 e. The molecule has 0 aliphatic carbocycles. The van der Waals surface area contributed by atoms with Crippen LogP contribution in [0.1, 0.15) is 10.4 Å². The lowest BCUT2D eigenvalue weighted by molar-refractivity contribution is 0.0921. The average molecular weight is 266 g/mol. The van der Waals surface area contributed by atoms with Crippen LogP contribution in [0.3, 0.4) is 0 Å². The van der Waals surface area contributed by atoms with E-state index in [1.165, 1.54) is 30.5 Å². The van der Waals surface area contributed by atoms with Crippen LogP contribution in [0.15, 0.2) is 42.6 Å². The van der Waals surface area contributed by atoms with E-state index in [2.05, 4.69) is 4.98 Å². The van der Waals surface area contributed by atoms with Crippen LogP contribution in [-0.4, -0.2) is 17.4 Å². The monoisotopic (exact) mass is 265 g/mol. The van der Waals surface area contributed by atoms with Gasteiger partial charge < -0.3 is 4.74 Å². The summed E-state index contributed by atoms with van der Waals surface area (Å²) < 4.78 is 17.9. The van der Waals surface area contributed by atoms with E-state index in [4.69, 9.17) is 16.3 Å². The lowest BCUT2D eigenvalue weighted by atomic mass is 10.1. The number of Topliss-reactive ketones (excluding diaryl/α,β-unsaturated/α-hetero) is 1. The van der Waals surface area contributed by atoms with Gasteiger partial charge in [-0.15, -0.1) is 0 Å². The second kappa shape index (κ2) is 5.60. The zero-order valence-electron chi connectivity index (χ0n) is 9.27. The minimum Gasteiger partial charge on any atom is -0.482 e. The van der Waals surface area contributed by atoms with E-state index in [-0.39, 0.29) is 23.4 Å². The molecule has 0 saturated heterocycles. The molecule has 1 heterocycles. The standard InChI is InChI=1S/C13H9ClFNO2/c14-13-12(2-1-7-16-13)18-8-11(17)9-3-5-10(15)6-4-9/h1-7H,8H2. The van der Waals surface area contributed by atoms with Gasteiger partial charge in [0.2, 0.25) is 0 Å². The zero-order valence-corrected chi connectivity index (χ0v) is 10.0. The highest BCUT2D eigenvalue weighted by molar-refractivity contribution is 6.30. The fourth-order valence-electron chi connectivity index (χ4n) is 1.34. The van der Waals surface area contributed by atoms with Gasteiger partial charge in [0.1, 0.15) is 5.82 Å². The third kappa shape index (κ3) is 3.05. The Morgan fingerprint density at radius 2 is 2.00 bits per heavy atom. The van der Waals surface area contributed by atoms with Gasteiger partial charge >= 0.3 is 0 Å². The number of hydrogen-bond donors (Lipinski definition) is 0. The van der Waals surface area contributed by atoms with Crippen molar-refractivity contribution in [2.75, 3.05) is 6.61 Å². The average Bonchev–Trinajstić information content (AvgIpc) is 2.38. The van der Waals surface area contributed by atoms with Crippen LogP contribution in [0.25, 0.3) is 0 Å². The molecule has 0 atom stereocenters. The van der Waals surface area contributed by atoms with Gasteiger partial charge in [-0.1, -0.05) is 11.6 Å². The number of benzene rings is 1. The minimum absolute atomic E-state index is 0.170. The summed E-state index contributed by atoms with van der Waals surface area (Å²) in [4.78, 5) is 15.6. The number of halogens is 2. The smallest absolute Gasteiger partial charge is 0.200 e. The van der Waals surface area contributed by atoms with Crippen molar-refractivity contribution < 1.29 is 13.9 Å². The summed E-state index contributed by atoms with van der Waals surface area (Å²) in [7, 11) is 0. The Balaban J connectivity index is 2.01. The molecule has 2 aromatic rings. The third-order valence-electron chi connectivity index (χ3n) is 2.25. The first-order chi connectivity index (χ1) is 8.66. The molecule has 0 unspecified atom stereocenters. The van der Waals surface area contributed by atoms with Crippen molar-refractivity contribution in [3.63, 3.8) is 0 Å². The summed E-state index contributed by atoms with van der Waals surface area (Å²) in [5.74, 6) is -0.299. The first-order valence-electron chi connectivity index (χ1n) is 5.19. The van der Waals surface area contributed by atoms with E-state index < -0.39 is 0 Å². The molecule has 1 aromatic heterocycles. The number of ether oxygens (including phenoxy) is 1. The van der Waals surface area contributed by atoms with Crippen molar-refractivity contribution in [2.45, 2.75) is 0 Å². The number of nitrogens with zero attached hydrogens (tertiary/aromatic N) is 1. The maximum atomic E-state index is 12.7. The van der Waals surface area contributed by atoms with Crippen LogP contribution in [0.2, 0.25) is 5.15 Å². The summed E-state index contributed by atoms with van der Waals surface area (Å²) in [6.45, 7) is -0.170. The van der Waals surface area contributed by atoms with E-state index in [0.717, 1.165) is 0 Å². The predicted molar refractivity (Wildman–Crippen MR) is 65.5 cm³/mol. The van der Waals surface area contributed by atoms with Crippen LogP contribution in [0.5, 0.6) is 5.75 Å². The molecule has 0 saturated carbocycles. The summed E-state index contributed by atoms with van der Waals surface area (Å²) in [5.41, 5.74) is 0.386. The molecule has 3 nitrogen and oxygen atoms in total. The molecule has 0 N–H and O–H groups in total. The molecule has 1 aromatic carbocycles. The third-order valence-corrected chi connectivity index (χ3v) is 2.53. The van der Waals surface area contributed by atoms with E-state index in [1.807, 2.05) is 0 Å². The van der Waals surface area contributed by atoms with E-state index in [1.54, 1.807) is 12.1 Å². The van der Waals surface area contributed by atoms with Gasteiger partial charge in [-0.05, 0) is 36.4 Å². The highest BCUT2D eigenvalue weighted by Crippen LogP contribution is 2.20. The van der Waals surface area contributed by atoms with Gasteiger partial charge in [0.05, 0.1) is 0 Å². The maximum absolute atomic E-state index is 12.7. The topological polar surface area (TPSA) is 39.2 Å². The summed E-state index contributed by atoms with van der Waals surface area (Å²) >= 11 is 5.78. The van der Waals surface area contributed by atoms with Gasteiger partial charge in [0.25, 0.3) is 0 Å². The van der Waals surface area contributed by atoms with Crippen molar-refractivity contribution in [3.8, 4) is 5.75 Å². The Morgan fingerprint density at radius 3 is 2.67 bits per heavy atom. The number of ketones is 1. The Kier molecular flexibility index (Phi) is 3.89. The molecule has 18 heavy (non-hydrogen) atoms. The summed E-state index contributed by atoms with van der Waals surface area (Å²) in [6, 6.07) is 8.54. The molecule has 0 spiro atoms. The van der Waals surface area contributed by atoms with Gasteiger partial charge in [-0.2, -0.15) is 0 Å². The first-order valence-corrected chi connectivity index (χ1v) is 5.56. The highest BCUT2D eigenvalue weighted by atomic mass is 35.5. The molecular weight excluding hydrogens is 257 g/mol. The van der Waals surface area contributed by atoms with Gasteiger partial charge in [-0.25, -0.2) is 9.37 Å². The van der Waals surface area contributed by atoms with Gasteiger partial charge in [0.15, 0.2) is 23.3 Å². The Bertz CT molecular complexity index is 557. The van der Waals surface area contributed by atoms with Crippen LogP contribution in [-0.2, 0) is 0 Å². The number of carbonyl (C=O) groups excluding carboxylic acids is 1. The van der Waals surface area contributed by atoms with Crippen LogP contribution in [0, 0.1) is 5.82 Å². The van der Waals surface area contributed by atoms with E-state index in [9.17, 15) is 9.18 Å². The molecule has 0 radical (unpaired) electrons. The molecule has 92 valence electrons.